The van der Waals surface area contributed by atoms with Crippen LogP contribution in [0.1, 0.15) is 17.7 Å². The number of sulfone groups is 1. The number of amides is 1. The molecule has 1 atom stereocenters. The number of halogens is 3. The number of aromatic nitrogens is 1. The van der Waals surface area contributed by atoms with Crippen molar-refractivity contribution in [1.29, 1.82) is 0 Å². The first-order valence-electron chi connectivity index (χ1n) is 6.13. The number of nitrogens with one attached hydrogen (secondary N) is 1. The molecule has 9 heteroatoms. The molecule has 21 heavy (non-hydrogen) atoms. The molecule has 1 amide bonds. The molecule has 2 rings (SSSR count). The van der Waals surface area contributed by atoms with E-state index < -0.39 is 33.5 Å². The fraction of sp³-hybridized carbons (Fsp3) is 0.500. The highest BCUT2D eigenvalue weighted by Crippen LogP contribution is 2.31. The summed E-state index contributed by atoms with van der Waals surface area (Å²) in [6.45, 7) is 1.24. The number of hydrogen-bond donors (Lipinski definition) is 1. The van der Waals surface area contributed by atoms with E-state index in [0.29, 0.717) is 0 Å². The van der Waals surface area contributed by atoms with E-state index in [0.717, 1.165) is 12.3 Å². The maximum absolute atomic E-state index is 12.6. The number of rotatable bonds is 2. The van der Waals surface area contributed by atoms with Gasteiger partial charge in [0.1, 0.15) is 5.69 Å². The van der Waals surface area contributed by atoms with Gasteiger partial charge in [-0.3, -0.25) is 4.79 Å². The Morgan fingerprint density at radius 3 is 2.57 bits per heavy atom. The number of hydrogen-bond acceptors (Lipinski definition) is 4. The minimum Gasteiger partial charge on any atom is -0.324 e. The molecule has 0 radical (unpaired) electrons. The van der Waals surface area contributed by atoms with Gasteiger partial charge in [0.15, 0.2) is 9.84 Å². The molecule has 1 unspecified atom stereocenters. The Morgan fingerprint density at radius 1 is 1.43 bits per heavy atom. The maximum atomic E-state index is 12.6. The summed E-state index contributed by atoms with van der Waals surface area (Å²) < 4.78 is 60.3. The van der Waals surface area contributed by atoms with Gasteiger partial charge in [0.25, 0.3) is 0 Å². The fourth-order valence-corrected chi connectivity index (χ4v) is 3.93. The van der Waals surface area contributed by atoms with E-state index in [1.807, 2.05) is 0 Å². The molecule has 1 aromatic rings. The molecule has 0 aliphatic carbocycles. The molecule has 2 heterocycles. The highest BCUT2D eigenvalue weighted by Gasteiger charge is 2.35. The van der Waals surface area contributed by atoms with Crippen molar-refractivity contribution >= 4 is 21.4 Å². The van der Waals surface area contributed by atoms with Crippen molar-refractivity contribution in [3.8, 4) is 0 Å². The smallest absolute Gasteiger partial charge is 0.324 e. The van der Waals surface area contributed by atoms with Crippen LogP contribution in [0.25, 0.3) is 0 Å². The topological polar surface area (TPSA) is 76.1 Å². The van der Waals surface area contributed by atoms with Gasteiger partial charge >= 0.3 is 6.18 Å². The first kappa shape index (κ1) is 15.7. The largest absolute Gasteiger partial charge is 0.433 e. The zero-order valence-corrected chi connectivity index (χ0v) is 11.9. The third-order valence-electron chi connectivity index (χ3n) is 3.22. The Hall–Kier alpha value is -1.64. The van der Waals surface area contributed by atoms with E-state index in [1.54, 1.807) is 0 Å². The zero-order valence-electron chi connectivity index (χ0n) is 11.1. The first-order valence-corrected chi connectivity index (χ1v) is 7.96. The molecule has 0 spiro atoms. The lowest BCUT2D eigenvalue weighted by atomic mass is 10.1. The van der Waals surface area contributed by atoms with Crippen molar-refractivity contribution in [3.63, 3.8) is 0 Å². The molecule has 5 nitrogen and oxygen atoms in total. The van der Waals surface area contributed by atoms with Crippen LogP contribution in [0.4, 0.5) is 18.9 Å². The number of carbonyl (C=O) groups is 1. The van der Waals surface area contributed by atoms with Gasteiger partial charge in [-0.25, -0.2) is 13.4 Å². The number of nitrogens with zero attached hydrogens (tertiary/aromatic N) is 1. The van der Waals surface area contributed by atoms with Gasteiger partial charge in [0, 0.05) is 0 Å². The van der Waals surface area contributed by atoms with Gasteiger partial charge in [0.05, 0.1) is 29.3 Å². The van der Waals surface area contributed by atoms with Crippen LogP contribution >= 0.6 is 0 Å². The zero-order chi connectivity index (χ0) is 15.8. The van der Waals surface area contributed by atoms with Gasteiger partial charge in [-0.1, -0.05) is 0 Å². The molecule has 1 fully saturated rings. The van der Waals surface area contributed by atoms with Crippen LogP contribution in [-0.4, -0.2) is 30.8 Å². The summed E-state index contributed by atoms with van der Waals surface area (Å²) >= 11 is 0. The van der Waals surface area contributed by atoms with Crippen LogP contribution in [0.15, 0.2) is 12.3 Å². The summed E-state index contributed by atoms with van der Waals surface area (Å²) in [5.41, 5.74) is -1.00. The predicted molar refractivity (Wildman–Crippen MR) is 69.4 cm³/mol. The summed E-state index contributed by atoms with van der Waals surface area (Å²) in [7, 11) is -3.19. The minimum absolute atomic E-state index is 0.0463. The molecule has 0 saturated carbocycles. The van der Waals surface area contributed by atoms with Gasteiger partial charge in [0.2, 0.25) is 5.91 Å². The minimum atomic E-state index is -4.55. The standard InChI is InChI=1S/C12H13F3N2O3S/c1-7-4-9(5-16-10(7)12(13,14)15)17-11(18)8-2-3-21(19,20)6-8/h4-5,8H,2-3,6H2,1H3,(H,17,18). The Bertz CT molecular complexity index is 671. The lowest BCUT2D eigenvalue weighted by Crippen LogP contribution is -2.24. The van der Waals surface area contributed by atoms with Crippen LogP contribution in [0.3, 0.4) is 0 Å². The second-order valence-corrected chi connectivity index (χ2v) is 7.21. The molecule has 1 aliphatic heterocycles. The van der Waals surface area contributed by atoms with E-state index in [1.165, 1.54) is 6.92 Å². The molecule has 1 aromatic heterocycles. The van der Waals surface area contributed by atoms with Crippen molar-refractivity contribution in [1.82, 2.24) is 4.98 Å². The number of pyridine rings is 1. The van der Waals surface area contributed by atoms with Crippen molar-refractivity contribution in [3.05, 3.63) is 23.5 Å². The molecule has 116 valence electrons. The Balaban J connectivity index is 2.11. The van der Waals surface area contributed by atoms with E-state index in [2.05, 4.69) is 10.3 Å². The highest BCUT2D eigenvalue weighted by molar-refractivity contribution is 7.91. The van der Waals surface area contributed by atoms with E-state index in [-0.39, 0.29) is 29.2 Å². The fourth-order valence-electron chi connectivity index (χ4n) is 2.19. The van der Waals surface area contributed by atoms with Crippen LogP contribution in [-0.2, 0) is 20.8 Å². The molecule has 1 N–H and O–H groups in total. The van der Waals surface area contributed by atoms with Gasteiger partial charge in [-0.05, 0) is 25.0 Å². The van der Waals surface area contributed by atoms with E-state index in [4.69, 9.17) is 0 Å². The molecular weight excluding hydrogens is 309 g/mol. The average molecular weight is 322 g/mol. The van der Waals surface area contributed by atoms with E-state index >= 15 is 0 Å². The Kier molecular flexibility index (Phi) is 3.96. The number of aryl methyl sites for hydroxylation is 1. The van der Waals surface area contributed by atoms with E-state index in [9.17, 15) is 26.4 Å². The van der Waals surface area contributed by atoms with Gasteiger partial charge in [-0.2, -0.15) is 13.2 Å². The summed E-state index contributed by atoms with van der Waals surface area (Å²) in [5.74, 6) is -1.46. The first-order chi connectivity index (χ1) is 9.58. The van der Waals surface area contributed by atoms with Crippen LogP contribution in [0.5, 0.6) is 0 Å². The van der Waals surface area contributed by atoms with Crippen LogP contribution in [0.2, 0.25) is 0 Å². The normalized spacial score (nSPS) is 21.2. The van der Waals surface area contributed by atoms with Crippen molar-refractivity contribution in [2.24, 2.45) is 5.92 Å². The maximum Gasteiger partial charge on any atom is 0.433 e. The lowest BCUT2D eigenvalue weighted by Gasteiger charge is -2.12. The second kappa shape index (κ2) is 5.28. The molecule has 1 saturated heterocycles. The third-order valence-corrected chi connectivity index (χ3v) is 4.99. The van der Waals surface area contributed by atoms with Crippen molar-refractivity contribution in [2.45, 2.75) is 19.5 Å². The Labute approximate surface area is 119 Å². The number of alkyl halides is 3. The summed E-state index contributed by atoms with van der Waals surface area (Å²) in [6, 6.07) is 1.16. The molecular formula is C12H13F3N2O3S. The second-order valence-electron chi connectivity index (χ2n) is 4.98. The van der Waals surface area contributed by atoms with Crippen LogP contribution < -0.4 is 5.32 Å². The summed E-state index contributed by atoms with van der Waals surface area (Å²) in [5, 5.41) is 2.41. The number of anilines is 1. The molecule has 1 aliphatic rings. The average Bonchev–Trinajstić information content (AvgIpc) is 2.68. The summed E-state index contributed by atoms with van der Waals surface area (Å²) in [6.07, 6.45) is -3.41. The van der Waals surface area contributed by atoms with Crippen molar-refractivity contribution < 1.29 is 26.4 Å². The lowest BCUT2D eigenvalue weighted by molar-refractivity contribution is -0.141. The Morgan fingerprint density at radius 2 is 2.10 bits per heavy atom. The summed E-state index contributed by atoms with van der Waals surface area (Å²) in [4.78, 5) is 15.2. The quantitative estimate of drug-likeness (QED) is 0.900. The number of carbonyl (C=O) groups excluding carboxylic acids is 1. The SMILES string of the molecule is Cc1cc(NC(=O)C2CCS(=O)(=O)C2)cnc1C(F)(F)F. The third kappa shape index (κ3) is 3.72. The predicted octanol–water partition coefficient (Wildman–Crippen LogP) is 1.78. The van der Waals surface area contributed by atoms with Crippen LogP contribution in [0, 0.1) is 12.8 Å². The molecule has 0 bridgehead atoms. The van der Waals surface area contributed by atoms with Gasteiger partial charge < -0.3 is 5.32 Å². The highest BCUT2D eigenvalue weighted by atomic mass is 32.2. The van der Waals surface area contributed by atoms with Gasteiger partial charge in [-0.15, -0.1) is 0 Å². The monoisotopic (exact) mass is 322 g/mol. The van der Waals surface area contributed by atoms with Crippen molar-refractivity contribution in [2.75, 3.05) is 16.8 Å². The molecule has 0 aromatic carbocycles.